The summed E-state index contributed by atoms with van der Waals surface area (Å²) in [6.07, 6.45) is 1.86. The van der Waals surface area contributed by atoms with Crippen LogP contribution in [-0.4, -0.2) is 20.2 Å². The maximum atomic E-state index is 12.5. The Bertz CT molecular complexity index is 1230. The van der Waals surface area contributed by atoms with Crippen LogP contribution < -0.4 is 15.4 Å². The molecule has 3 aromatic rings. The average Bonchev–Trinajstić information content (AvgIpc) is 3.61. The number of anilines is 3. The van der Waals surface area contributed by atoms with E-state index in [9.17, 15) is 18.0 Å². The fraction of sp³-hybridized carbons (Fsp3) is 0.167. The van der Waals surface area contributed by atoms with Crippen LogP contribution in [0.25, 0.3) is 0 Å². The Morgan fingerprint density at radius 2 is 1.28 bits per heavy atom. The highest BCUT2D eigenvalue weighted by Gasteiger charge is 2.29. The number of hydrogen-bond donors (Lipinski definition) is 3. The molecule has 3 N–H and O–H groups in total. The number of carbonyl (C=O) groups is 2. The fourth-order valence-corrected chi connectivity index (χ4v) is 4.11. The van der Waals surface area contributed by atoms with Gasteiger partial charge in [-0.1, -0.05) is 17.7 Å². The maximum Gasteiger partial charge on any atom is 0.261 e. The van der Waals surface area contributed by atoms with Gasteiger partial charge in [-0.05, 0) is 80.4 Å². The summed E-state index contributed by atoms with van der Waals surface area (Å²) in [6.45, 7) is 1.89. The standard InChI is InChI=1S/C24H23N3O4S/c1-16-2-14-22(15-3-16)32(30,31)27-21-12-10-20(11-13-21)26-24(29)18-6-8-19(9-7-18)25-23(28)17-4-5-17/h2-3,6-15,17,27H,4-5H2,1H3,(H,25,28)(H,26,29). The van der Waals surface area contributed by atoms with Crippen LogP contribution in [0.5, 0.6) is 0 Å². The predicted octanol–water partition coefficient (Wildman–Crippen LogP) is 4.40. The number of nitrogens with one attached hydrogen (secondary N) is 3. The van der Waals surface area contributed by atoms with E-state index in [-0.39, 0.29) is 22.6 Å². The molecule has 8 heteroatoms. The van der Waals surface area contributed by atoms with Gasteiger partial charge < -0.3 is 10.6 Å². The molecule has 32 heavy (non-hydrogen) atoms. The molecule has 0 aromatic heterocycles. The van der Waals surface area contributed by atoms with Crippen molar-refractivity contribution in [1.82, 2.24) is 0 Å². The second-order valence-electron chi connectivity index (χ2n) is 7.79. The van der Waals surface area contributed by atoms with Crippen molar-refractivity contribution in [2.45, 2.75) is 24.7 Å². The molecule has 7 nitrogen and oxygen atoms in total. The van der Waals surface area contributed by atoms with Gasteiger partial charge in [0.1, 0.15) is 0 Å². The summed E-state index contributed by atoms with van der Waals surface area (Å²) in [5, 5.41) is 5.60. The third-order valence-electron chi connectivity index (χ3n) is 5.09. The molecule has 0 heterocycles. The normalized spacial score (nSPS) is 13.3. The van der Waals surface area contributed by atoms with Gasteiger partial charge in [-0.2, -0.15) is 0 Å². The Balaban J connectivity index is 1.36. The highest BCUT2D eigenvalue weighted by atomic mass is 32.2. The summed E-state index contributed by atoms with van der Waals surface area (Å²) in [4.78, 5) is 24.5. The average molecular weight is 450 g/mol. The van der Waals surface area contributed by atoms with Crippen LogP contribution in [0.2, 0.25) is 0 Å². The Hall–Kier alpha value is -3.65. The zero-order chi connectivity index (χ0) is 22.7. The Labute approximate surface area is 186 Å². The van der Waals surface area contributed by atoms with Crippen LogP contribution in [0, 0.1) is 12.8 Å². The number of carbonyl (C=O) groups excluding carboxylic acids is 2. The lowest BCUT2D eigenvalue weighted by Gasteiger charge is -2.10. The van der Waals surface area contributed by atoms with Crippen molar-refractivity contribution in [1.29, 1.82) is 0 Å². The minimum atomic E-state index is -3.69. The smallest absolute Gasteiger partial charge is 0.261 e. The van der Waals surface area contributed by atoms with E-state index >= 15 is 0 Å². The molecule has 0 atom stereocenters. The molecule has 2 amide bonds. The van der Waals surface area contributed by atoms with Crippen molar-refractivity contribution in [3.8, 4) is 0 Å². The van der Waals surface area contributed by atoms with Gasteiger partial charge in [0.05, 0.1) is 4.90 Å². The number of hydrogen-bond acceptors (Lipinski definition) is 4. The van der Waals surface area contributed by atoms with Gasteiger partial charge in [-0.15, -0.1) is 0 Å². The summed E-state index contributed by atoms with van der Waals surface area (Å²) >= 11 is 0. The third-order valence-corrected chi connectivity index (χ3v) is 6.49. The molecular formula is C24H23N3O4S. The van der Waals surface area contributed by atoms with E-state index in [4.69, 9.17) is 0 Å². The SMILES string of the molecule is Cc1ccc(S(=O)(=O)Nc2ccc(NC(=O)c3ccc(NC(=O)C4CC4)cc3)cc2)cc1. The number of rotatable bonds is 7. The highest BCUT2D eigenvalue weighted by Crippen LogP contribution is 2.30. The van der Waals surface area contributed by atoms with E-state index in [1.54, 1.807) is 72.8 Å². The van der Waals surface area contributed by atoms with E-state index in [1.807, 2.05) is 6.92 Å². The van der Waals surface area contributed by atoms with Crippen molar-refractivity contribution in [3.63, 3.8) is 0 Å². The Morgan fingerprint density at radius 1 is 0.750 bits per heavy atom. The lowest BCUT2D eigenvalue weighted by atomic mass is 10.2. The Morgan fingerprint density at radius 3 is 1.88 bits per heavy atom. The summed E-state index contributed by atoms with van der Waals surface area (Å²) < 4.78 is 27.5. The van der Waals surface area contributed by atoms with Crippen LogP contribution in [0.3, 0.4) is 0 Å². The van der Waals surface area contributed by atoms with Crippen LogP contribution in [0.15, 0.2) is 77.7 Å². The van der Waals surface area contributed by atoms with Gasteiger partial charge in [-0.3, -0.25) is 14.3 Å². The number of sulfonamides is 1. The molecule has 0 saturated heterocycles. The molecule has 0 spiro atoms. The Kier molecular flexibility index (Phi) is 5.96. The first-order valence-corrected chi connectivity index (χ1v) is 11.7. The first kappa shape index (κ1) is 21.6. The van der Waals surface area contributed by atoms with E-state index in [2.05, 4.69) is 15.4 Å². The zero-order valence-corrected chi connectivity index (χ0v) is 18.3. The molecule has 0 aliphatic heterocycles. The quantitative estimate of drug-likeness (QED) is 0.497. The zero-order valence-electron chi connectivity index (χ0n) is 17.5. The lowest BCUT2D eigenvalue weighted by Crippen LogP contribution is -2.15. The van der Waals surface area contributed by atoms with Crippen LogP contribution in [-0.2, 0) is 14.8 Å². The molecule has 4 rings (SSSR count). The topological polar surface area (TPSA) is 104 Å². The molecule has 0 radical (unpaired) electrons. The van der Waals surface area contributed by atoms with Gasteiger partial charge >= 0.3 is 0 Å². The largest absolute Gasteiger partial charge is 0.326 e. The molecule has 164 valence electrons. The third kappa shape index (κ3) is 5.33. The molecular weight excluding hydrogens is 426 g/mol. The summed E-state index contributed by atoms with van der Waals surface area (Å²) in [6, 6.07) is 19.6. The molecule has 1 aliphatic carbocycles. The minimum Gasteiger partial charge on any atom is -0.326 e. The number of aryl methyl sites for hydroxylation is 1. The molecule has 0 bridgehead atoms. The maximum absolute atomic E-state index is 12.5. The first-order chi connectivity index (χ1) is 15.3. The van der Waals surface area contributed by atoms with E-state index in [0.29, 0.717) is 22.6 Å². The number of benzene rings is 3. The fourth-order valence-electron chi connectivity index (χ4n) is 3.05. The van der Waals surface area contributed by atoms with Crippen molar-refractivity contribution in [3.05, 3.63) is 83.9 Å². The van der Waals surface area contributed by atoms with Gasteiger partial charge in [0.25, 0.3) is 15.9 Å². The molecule has 1 saturated carbocycles. The monoisotopic (exact) mass is 449 g/mol. The van der Waals surface area contributed by atoms with Gasteiger partial charge in [0.2, 0.25) is 5.91 Å². The van der Waals surface area contributed by atoms with Crippen LogP contribution in [0.4, 0.5) is 17.1 Å². The second-order valence-corrected chi connectivity index (χ2v) is 9.47. The van der Waals surface area contributed by atoms with Crippen molar-refractivity contribution in [2.75, 3.05) is 15.4 Å². The minimum absolute atomic E-state index is 0.0142. The summed E-state index contributed by atoms with van der Waals surface area (Å²) in [5.74, 6) is -0.180. The van der Waals surface area contributed by atoms with Crippen molar-refractivity contribution >= 4 is 38.9 Å². The number of amides is 2. The summed E-state index contributed by atoms with van der Waals surface area (Å²) in [5.41, 5.74) is 2.99. The van der Waals surface area contributed by atoms with E-state index in [0.717, 1.165) is 18.4 Å². The van der Waals surface area contributed by atoms with Crippen LogP contribution in [0.1, 0.15) is 28.8 Å². The van der Waals surface area contributed by atoms with Gasteiger partial charge in [0, 0.05) is 28.5 Å². The van der Waals surface area contributed by atoms with Gasteiger partial charge in [0.15, 0.2) is 0 Å². The molecule has 3 aromatic carbocycles. The molecule has 0 unspecified atom stereocenters. The highest BCUT2D eigenvalue weighted by molar-refractivity contribution is 7.92. The summed E-state index contributed by atoms with van der Waals surface area (Å²) in [7, 11) is -3.69. The van der Waals surface area contributed by atoms with Crippen LogP contribution >= 0.6 is 0 Å². The van der Waals surface area contributed by atoms with E-state index < -0.39 is 10.0 Å². The van der Waals surface area contributed by atoms with Crippen molar-refractivity contribution in [2.24, 2.45) is 5.92 Å². The second kappa shape index (κ2) is 8.84. The van der Waals surface area contributed by atoms with Crippen molar-refractivity contribution < 1.29 is 18.0 Å². The predicted molar refractivity (Wildman–Crippen MR) is 124 cm³/mol. The lowest BCUT2D eigenvalue weighted by molar-refractivity contribution is -0.117. The van der Waals surface area contributed by atoms with Gasteiger partial charge in [-0.25, -0.2) is 8.42 Å². The first-order valence-electron chi connectivity index (χ1n) is 10.2. The van der Waals surface area contributed by atoms with E-state index in [1.165, 1.54) is 0 Å². The molecule has 1 aliphatic rings. The molecule has 1 fully saturated rings.